The molecular weight excluding hydrogens is 452 g/mol. The number of nitrogens with zero attached hydrogens (tertiary/aromatic N) is 2. The van der Waals surface area contributed by atoms with Crippen LogP contribution in [-0.2, 0) is 20.9 Å². The third-order valence-electron chi connectivity index (χ3n) is 4.53. The zero-order valence-corrected chi connectivity index (χ0v) is 18.6. The number of methoxy groups -OCH3 is 1. The Labute approximate surface area is 193 Å². The Morgan fingerprint density at radius 3 is 2.61 bits per heavy atom. The summed E-state index contributed by atoms with van der Waals surface area (Å²) in [5, 5.41) is 10.6. The molecule has 0 radical (unpaired) electrons. The molecule has 3 rings (SSSR count). The minimum Gasteiger partial charge on any atom is -0.490 e. The predicted octanol–water partition coefficient (Wildman–Crippen LogP) is 3.78. The molecule has 11 heteroatoms. The Hall–Kier alpha value is -3.86. The summed E-state index contributed by atoms with van der Waals surface area (Å²) in [5.74, 6) is -0.549. The van der Waals surface area contributed by atoms with Gasteiger partial charge in [-0.25, -0.2) is 0 Å². The van der Waals surface area contributed by atoms with Gasteiger partial charge < -0.3 is 14.2 Å². The van der Waals surface area contributed by atoms with Crippen LogP contribution in [0.2, 0.25) is 0 Å². The molecule has 2 amide bonds. The van der Waals surface area contributed by atoms with Crippen LogP contribution >= 0.6 is 11.8 Å². The van der Waals surface area contributed by atoms with E-state index in [0.29, 0.717) is 29.2 Å². The van der Waals surface area contributed by atoms with Gasteiger partial charge in [0.05, 0.1) is 29.1 Å². The van der Waals surface area contributed by atoms with Crippen molar-refractivity contribution in [1.29, 1.82) is 0 Å². The van der Waals surface area contributed by atoms with Gasteiger partial charge >= 0.3 is 5.97 Å². The number of nitro groups is 1. The van der Waals surface area contributed by atoms with E-state index in [9.17, 15) is 24.5 Å². The van der Waals surface area contributed by atoms with Crippen LogP contribution in [0.15, 0.2) is 47.4 Å². The third kappa shape index (κ3) is 5.69. The number of ether oxygens (including phenoxy) is 3. The van der Waals surface area contributed by atoms with Crippen LogP contribution in [0.5, 0.6) is 11.5 Å². The molecule has 0 N–H and O–H groups in total. The summed E-state index contributed by atoms with van der Waals surface area (Å²) in [4.78, 5) is 47.7. The molecule has 1 aliphatic heterocycles. The molecule has 0 bridgehead atoms. The van der Waals surface area contributed by atoms with E-state index in [4.69, 9.17) is 9.47 Å². The number of esters is 1. The molecule has 1 saturated heterocycles. The van der Waals surface area contributed by atoms with Crippen molar-refractivity contribution in [3.8, 4) is 11.5 Å². The lowest BCUT2D eigenvalue weighted by Gasteiger charge is -2.13. The molecule has 0 atom stereocenters. The molecule has 33 heavy (non-hydrogen) atoms. The molecule has 2 aromatic rings. The van der Waals surface area contributed by atoms with E-state index in [1.54, 1.807) is 43.3 Å². The Morgan fingerprint density at radius 1 is 1.15 bits per heavy atom. The molecule has 0 saturated carbocycles. The molecule has 1 heterocycles. The number of para-hydroxylation sites is 1. The van der Waals surface area contributed by atoms with Crippen LogP contribution in [0.1, 0.15) is 18.1 Å². The van der Waals surface area contributed by atoms with Crippen LogP contribution in [0.25, 0.3) is 6.08 Å². The number of thioether (sulfide) groups is 1. The number of amides is 2. The lowest BCUT2D eigenvalue weighted by atomic mass is 10.1. The highest BCUT2D eigenvalue weighted by atomic mass is 32.2. The first-order valence-corrected chi connectivity index (χ1v) is 10.6. The lowest BCUT2D eigenvalue weighted by Crippen LogP contribution is -2.34. The predicted molar refractivity (Wildman–Crippen MR) is 120 cm³/mol. The summed E-state index contributed by atoms with van der Waals surface area (Å²) in [6, 6.07) is 11.2. The molecule has 0 aliphatic carbocycles. The van der Waals surface area contributed by atoms with Crippen molar-refractivity contribution >= 4 is 40.6 Å². The van der Waals surface area contributed by atoms with E-state index in [0.717, 1.165) is 16.7 Å². The number of hydrogen-bond donors (Lipinski definition) is 0. The topological polar surface area (TPSA) is 125 Å². The molecule has 0 unspecified atom stereocenters. The lowest BCUT2D eigenvalue weighted by molar-refractivity contribution is -0.385. The second kappa shape index (κ2) is 10.6. The van der Waals surface area contributed by atoms with Crippen molar-refractivity contribution in [1.82, 2.24) is 4.90 Å². The number of rotatable bonds is 9. The summed E-state index contributed by atoms with van der Waals surface area (Å²) in [5.41, 5.74) is 0.933. The fourth-order valence-corrected chi connectivity index (χ4v) is 3.79. The van der Waals surface area contributed by atoms with Gasteiger partial charge in [-0.3, -0.25) is 29.4 Å². The molecule has 2 aromatic carbocycles. The van der Waals surface area contributed by atoms with Crippen LogP contribution in [0, 0.1) is 10.1 Å². The SMILES string of the molecule is CCOc1cc(/C=C2/SC(=O)N(CC(=O)OC)C2=O)ccc1OCc1ccccc1[N+](=O)[O-]. The fourth-order valence-electron chi connectivity index (χ4n) is 2.95. The third-order valence-corrected chi connectivity index (χ3v) is 5.43. The smallest absolute Gasteiger partial charge is 0.325 e. The van der Waals surface area contributed by atoms with Crippen LogP contribution in [-0.4, -0.2) is 47.2 Å². The Balaban J connectivity index is 1.80. The monoisotopic (exact) mass is 472 g/mol. The quantitative estimate of drug-likeness (QED) is 0.232. The van der Waals surface area contributed by atoms with Gasteiger partial charge in [0.2, 0.25) is 0 Å². The first-order chi connectivity index (χ1) is 15.8. The number of benzene rings is 2. The Bertz CT molecular complexity index is 1130. The number of nitro benzene ring substituents is 1. The maximum atomic E-state index is 12.5. The van der Waals surface area contributed by atoms with Crippen molar-refractivity contribution in [3.63, 3.8) is 0 Å². The van der Waals surface area contributed by atoms with E-state index in [1.165, 1.54) is 19.3 Å². The summed E-state index contributed by atoms with van der Waals surface area (Å²) < 4.78 is 15.9. The molecule has 0 spiro atoms. The number of carbonyl (C=O) groups excluding carboxylic acids is 3. The van der Waals surface area contributed by atoms with Gasteiger partial charge in [-0.1, -0.05) is 18.2 Å². The van der Waals surface area contributed by atoms with Crippen molar-refractivity contribution in [3.05, 3.63) is 68.6 Å². The van der Waals surface area contributed by atoms with Gasteiger partial charge in [0.15, 0.2) is 11.5 Å². The van der Waals surface area contributed by atoms with E-state index in [2.05, 4.69) is 4.74 Å². The normalized spacial score (nSPS) is 14.5. The Morgan fingerprint density at radius 2 is 1.91 bits per heavy atom. The largest absolute Gasteiger partial charge is 0.490 e. The average Bonchev–Trinajstić information content (AvgIpc) is 3.06. The zero-order chi connectivity index (χ0) is 24.0. The summed E-state index contributed by atoms with van der Waals surface area (Å²) in [6.07, 6.45) is 1.51. The highest BCUT2D eigenvalue weighted by molar-refractivity contribution is 8.18. The minimum atomic E-state index is -0.697. The molecule has 10 nitrogen and oxygen atoms in total. The second-order valence-corrected chi connectivity index (χ2v) is 7.65. The number of hydrogen-bond acceptors (Lipinski definition) is 9. The van der Waals surface area contributed by atoms with E-state index in [1.807, 2.05) is 0 Å². The Kier molecular flexibility index (Phi) is 7.67. The highest BCUT2D eigenvalue weighted by Gasteiger charge is 2.36. The number of carbonyl (C=O) groups is 3. The molecule has 0 aromatic heterocycles. The fraction of sp³-hybridized carbons (Fsp3) is 0.227. The van der Waals surface area contributed by atoms with Crippen molar-refractivity contribution < 1.29 is 33.5 Å². The number of imide groups is 1. The van der Waals surface area contributed by atoms with Gasteiger partial charge in [0.1, 0.15) is 13.2 Å². The van der Waals surface area contributed by atoms with Crippen LogP contribution < -0.4 is 9.47 Å². The van der Waals surface area contributed by atoms with Gasteiger partial charge in [0.25, 0.3) is 16.8 Å². The van der Waals surface area contributed by atoms with Crippen LogP contribution in [0.4, 0.5) is 10.5 Å². The summed E-state index contributed by atoms with van der Waals surface area (Å²) >= 11 is 0.719. The molecule has 1 fully saturated rings. The van der Waals surface area contributed by atoms with Gasteiger partial charge in [-0.05, 0) is 48.5 Å². The van der Waals surface area contributed by atoms with E-state index < -0.39 is 28.6 Å². The molecule has 1 aliphatic rings. The first kappa shape index (κ1) is 23.8. The molecular formula is C22H20N2O8S. The highest BCUT2D eigenvalue weighted by Crippen LogP contribution is 2.35. The van der Waals surface area contributed by atoms with Crippen molar-refractivity contribution in [2.24, 2.45) is 0 Å². The average molecular weight is 472 g/mol. The summed E-state index contributed by atoms with van der Waals surface area (Å²) in [6.45, 7) is 1.63. The van der Waals surface area contributed by atoms with Gasteiger partial charge in [0, 0.05) is 6.07 Å². The van der Waals surface area contributed by atoms with Crippen LogP contribution in [0.3, 0.4) is 0 Å². The standard InChI is InChI=1S/C22H20N2O8S/c1-3-31-18-10-14(11-19-21(26)23(22(27)33-19)12-20(25)30-2)8-9-17(18)32-13-15-6-4-5-7-16(15)24(28)29/h4-11H,3,12-13H2,1-2H3/b19-11+. The molecule has 172 valence electrons. The van der Waals surface area contributed by atoms with Gasteiger partial charge in [-0.15, -0.1) is 0 Å². The first-order valence-electron chi connectivity index (χ1n) is 9.78. The van der Waals surface area contributed by atoms with Crippen molar-refractivity contribution in [2.75, 3.05) is 20.3 Å². The zero-order valence-electron chi connectivity index (χ0n) is 17.8. The summed E-state index contributed by atoms with van der Waals surface area (Å²) in [7, 11) is 1.17. The minimum absolute atomic E-state index is 0.0387. The van der Waals surface area contributed by atoms with E-state index in [-0.39, 0.29) is 17.2 Å². The maximum absolute atomic E-state index is 12.5. The van der Waals surface area contributed by atoms with E-state index >= 15 is 0 Å². The van der Waals surface area contributed by atoms with Gasteiger partial charge in [-0.2, -0.15) is 0 Å². The van der Waals surface area contributed by atoms with Crippen molar-refractivity contribution in [2.45, 2.75) is 13.5 Å². The second-order valence-electron chi connectivity index (χ2n) is 6.66. The maximum Gasteiger partial charge on any atom is 0.325 e.